The molecule has 3 aromatic rings. The van der Waals surface area contributed by atoms with Gasteiger partial charge in [-0.25, -0.2) is 4.39 Å². The van der Waals surface area contributed by atoms with Crippen LogP contribution in [0.25, 0.3) is 16.5 Å². The van der Waals surface area contributed by atoms with Gasteiger partial charge in [0.25, 0.3) is 5.56 Å². The Morgan fingerprint density at radius 3 is 2.64 bits per heavy atom. The van der Waals surface area contributed by atoms with Crippen LogP contribution < -0.4 is 5.56 Å². The molecule has 3 rings (SSSR count). The van der Waals surface area contributed by atoms with Gasteiger partial charge in [-0.1, -0.05) is 42.8 Å². The summed E-state index contributed by atoms with van der Waals surface area (Å²) in [5.74, 6) is -1.03. The summed E-state index contributed by atoms with van der Waals surface area (Å²) in [5, 5.41) is 4.67. The Morgan fingerprint density at radius 2 is 2.00 bits per heavy atom. The van der Waals surface area contributed by atoms with Gasteiger partial charge in [-0.05, 0) is 35.2 Å². The van der Waals surface area contributed by atoms with E-state index in [1.807, 2.05) is 20.8 Å². The van der Waals surface area contributed by atoms with Crippen LogP contribution >= 0.6 is 15.9 Å². The highest BCUT2D eigenvalue weighted by Gasteiger charge is 2.20. The average Bonchev–Trinajstić information content (AvgIpc) is 2.59. The van der Waals surface area contributed by atoms with Gasteiger partial charge in [-0.15, -0.1) is 0 Å². The molecule has 0 N–H and O–H groups in total. The van der Waals surface area contributed by atoms with Gasteiger partial charge in [0, 0.05) is 22.3 Å². The molecule has 0 aliphatic heterocycles. The SMILES string of the molecule is CC(=O)OCc1c(Br)cccc1-n1ncc2cc(C(C)(C)C)cc(F)c2c1=O. The number of hydrogen-bond acceptors (Lipinski definition) is 4. The van der Waals surface area contributed by atoms with Crippen molar-refractivity contribution in [2.24, 2.45) is 0 Å². The number of benzene rings is 2. The van der Waals surface area contributed by atoms with E-state index in [0.29, 0.717) is 21.1 Å². The maximum absolute atomic E-state index is 14.8. The van der Waals surface area contributed by atoms with Crippen molar-refractivity contribution in [2.45, 2.75) is 39.7 Å². The molecular weight excluding hydrogens is 427 g/mol. The summed E-state index contributed by atoms with van der Waals surface area (Å²) in [5.41, 5.74) is 0.943. The zero-order valence-corrected chi connectivity index (χ0v) is 17.6. The number of fused-ring (bicyclic) bond motifs is 1. The summed E-state index contributed by atoms with van der Waals surface area (Å²) in [6.45, 7) is 7.20. The molecule has 1 heterocycles. The summed E-state index contributed by atoms with van der Waals surface area (Å²) in [7, 11) is 0. The second-order valence-corrected chi connectivity index (χ2v) is 8.41. The fraction of sp³-hybridized carbons (Fsp3) is 0.286. The lowest BCUT2D eigenvalue weighted by molar-refractivity contribution is -0.142. The first-order valence-corrected chi connectivity index (χ1v) is 9.52. The van der Waals surface area contributed by atoms with Crippen molar-refractivity contribution in [1.29, 1.82) is 0 Å². The molecule has 0 amide bonds. The van der Waals surface area contributed by atoms with Gasteiger partial charge >= 0.3 is 5.97 Å². The molecule has 0 atom stereocenters. The Bertz CT molecular complexity index is 1130. The van der Waals surface area contributed by atoms with E-state index in [1.54, 1.807) is 24.3 Å². The van der Waals surface area contributed by atoms with Crippen LogP contribution in [0, 0.1) is 5.82 Å². The molecule has 0 unspecified atom stereocenters. The number of carbonyl (C=O) groups is 1. The summed E-state index contributed by atoms with van der Waals surface area (Å²) >= 11 is 3.41. The predicted octanol–water partition coefficient (Wildman–Crippen LogP) is 4.65. The topological polar surface area (TPSA) is 61.2 Å². The van der Waals surface area contributed by atoms with Crippen molar-refractivity contribution in [3.63, 3.8) is 0 Å². The van der Waals surface area contributed by atoms with E-state index >= 15 is 0 Å². The van der Waals surface area contributed by atoms with Crippen molar-refractivity contribution in [3.8, 4) is 5.69 Å². The Labute approximate surface area is 170 Å². The minimum atomic E-state index is -0.583. The average molecular weight is 447 g/mol. The first kappa shape index (κ1) is 20.2. The maximum Gasteiger partial charge on any atom is 0.302 e. The second-order valence-electron chi connectivity index (χ2n) is 7.55. The molecule has 0 aliphatic rings. The Kier molecular flexibility index (Phi) is 5.39. The summed E-state index contributed by atoms with van der Waals surface area (Å²) in [6.07, 6.45) is 1.48. The lowest BCUT2D eigenvalue weighted by Crippen LogP contribution is -2.24. The highest BCUT2D eigenvalue weighted by atomic mass is 79.9. The van der Waals surface area contributed by atoms with Gasteiger partial charge in [0.2, 0.25) is 0 Å². The summed E-state index contributed by atoms with van der Waals surface area (Å²) < 4.78 is 21.7. The number of nitrogens with zero attached hydrogens (tertiary/aromatic N) is 2. The highest BCUT2D eigenvalue weighted by Crippen LogP contribution is 2.28. The van der Waals surface area contributed by atoms with Crippen molar-refractivity contribution in [3.05, 3.63) is 68.3 Å². The number of esters is 1. The van der Waals surface area contributed by atoms with Crippen LogP contribution in [0.4, 0.5) is 4.39 Å². The second kappa shape index (κ2) is 7.47. The molecule has 28 heavy (non-hydrogen) atoms. The van der Waals surface area contributed by atoms with Crippen molar-refractivity contribution in [1.82, 2.24) is 9.78 Å². The smallest absolute Gasteiger partial charge is 0.302 e. The van der Waals surface area contributed by atoms with Gasteiger partial charge in [0.15, 0.2) is 0 Å². The van der Waals surface area contributed by atoms with Gasteiger partial charge in [0.05, 0.1) is 17.3 Å². The molecule has 0 spiro atoms. The van der Waals surface area contributed by atoms with Crippen LogP contribution in [0.1, 0.15) is 38.8 Å². The van der Waals surface area contributed by atoms with E-state index in [4.69, 9.17) is 4.74 Å². The molecule has 7 heteroatoms. The number of carbonyl (C=O) groups excluding carboxylic acids is 1. The van der Waals surface area contributed by atoms with E-state index in [1.165, 1.54) is 19.2 Å². The highest BCUT2D eigenvalue weighted by molar-refractivity contribution is 9.10. The first-order valence-electron chi connectivity index (χ1n) is 8.73. The van der Waals surface area contributed by atoms with Crippen molar-refractivity contribution >= 4 is 32.7 Å². The molecule has 0 saturated heterocycles. The third kappa shape index (κ3) is 3.85. The zero-order chi connectivity index (χ0) is 20.6. The maximum atomic E-state index is 14.8. The number of ether oxygens (including phenoxy) is 1. The van der Waals surface area contributed by atoms with E-state index < -0.39 is 17.3 Å². The van der Waals surface area contributed by atoms with Gasteiger partial charge < -0.3 is 4.74 Å². The molecule has 0 fully saturated rings. The largest absolute Gasteiger partial charge is 0.461 e. The molecule has 0 aliphatic carbocycles. The number of hydrogen-bond donors (Lipinski definition) is 0. The molecule has 0 radical (unpaired) electrons. The van der Waals surface area contributed by atoms with Crippen LogP contribution in [0.2, 0.25) is 0 Å². The van der Waals surface area contributed by atoms with Crippen LogP contribution in [-0.2, 0) is 21.6 Å². The van der Waals surface area contributed by atoms with Gasteiger partial charge in [0.1, 0.15) is 12.4 Å². The molecule has 2 aromatic carbocycles. The number of halogens is 2. The van der Waals surface area contributed by atoms with Gasteiger partial charge in [-0.3, -0.25) is 9.59 Å². The van der Waals surface area contributed by atoms with Gasteiger partial charge in [-0.2, -0.15) is 9.78 Å². The lowest BCUT2D eigenvalue weighted by Gasteiger charge is -2.20. The van der Waals surface area contributed by atoms with Crippen LogP contribution in [0.3, 0.4) is 0 Å². The predicted molar refractivity (Wildman–Crippen MR) is 109 cm³/mol. The standard InChI is InChI=1S/C21H20BrFN2O3/c1-12(26)28-11-15-16(22)6-5-7-18(15)25-20(27)19-13(10-24-25)8-14(9-17(19)23)21(2,3)4/h5-10H,11H2,1-4H3. The third-order valence-corrected chi connectivity index (χ3v) is 5.19. The zero-order valence-electron chi connectivity index (χ0n) is 16.0. The Morgan fingerprint density at radius 1 is 1.29 bits per heavy atom. The number of aromatic nitrogens is 2. The minimum Gasteiger partial charge on any atom is -0.461 e. The van der Waals surface area contributed by atoms with Crippen molar-refractivity contribution in [2.75, 3.05) is 0 Å². The third-order valence-electron chi connectivity index (χ3n) is 4.45. The molecular formula is C21H20BrFN2O3. The quantitative estimate of drug-likeness (QED) is 0.549. The fourth-order valence-electron chi connectivity index (χ4n) is 2.90. The molecule has 0 saturated carbocycles. The van der Waals surface area contributed by atoms with E-state index in [0.717, 1.165) is 10.2 Å². The minimum absolute atomic E-state index is 0.0265. The van der Waals surface area contributed by atoms with Crippen molar-refractivity contribution < 1.29 is 13.9 Å². The van der Waals surface area contributed by atoms with Crippen LogP contribution in [-0.4, -0.2) is 15.7 Å². The monoisotopic (exact) mass is 446 g/mol. The number of rotatable bonds is 3. The first-order chi connectivity index (χ1) is 13.1. The Hall–Kier alpha value is -2.54. The summed E-state index contributed by atoms with van der Waals surface area (Å²) in [6, 6.07) is 8.36. The molecule has 5 nitrogen and oxygen atoms in total. The van der Waals surface area contributed by atoms with E-state index in [9.17, 15) is 14.0 Å². The van der Waals surface area contributed by atoms with Crippen LogP contribution in [0.5, 0.6) is 0 Å². The van der Waals surface area contributed by atoms with E-state index in [-0.39, 0.29) is 17.4 Å². The Balaban J connectivity index is 2.23. The normalized spacial score (nSPS) is 11.6. The molecule has 0 bridgehead atoms. The summed E-state index contributed by atoms with van der Waals surface area (Å²) in [4.78, 5) is 24.3. The lowest BCUT2D eigenvalue weighted by atomic mass is 9.86. The molecule has 1 aromatic heterocycles. The van der Waals surface area contributed by atoms with E-state index in [2.05, 4.69) is 21.0 Å². The molecule has 146 valence electrons. The fourth-order valence-corrected chi connectivity index (χ4v) is 3.37. The van der Waals surface area contributed by atoms with Crippen LogP contribution in [0.15, 0.2) is 45.8 Å².